The maximum atomic E-state index is 7.05. The van der Waals surface area contributed by atoms with E-state index in [9.17, 15) is 0 Å². The van der Waals surface area contributed by atoms with Crippen molar-refractivity contribution in [3.63, 3.8) is 0 Å². The summed E-state index contributed by atoms with van der Waals surface area (Å²) in [5.74, 6) is 0.895. The van der Waals surface area contributed by atoms with Gasteiger partial charge in [-0.3, -0.25) is 0 Å². The lowest BCUT2D eigenvalue weighted by Crippen LogP contribution is -2.77. The lowest BCUT2D eigenvalue weighted by Gasteiger charge is -2.45. The van der Waals surface area contributed by atoms with Crippen LogP contribution < -0.4 is 62.0 Å². The van der Waals surface area contributed by atoms with E-state index in [1.807, 2.05) is 0 Å². The second-order valence-corrected chi connectivity index (χ2v) is 24.6. The van der Waals surface area contributed by atoms with Gasteiger partial charge in [0.1, 0.15) is 5.75 Å². The fourth-order valence-corrected chi connectivity index (χ4v) is 20.9. The molecule has 2 nitrogen and oxygen atoms in total. The van der Waals surface area contributed by atoms with Gasteiger partial charge in [0.2, 0.25) is 0 Å². The summed E-state index contributed by atoms with van der Waals surface area (Å²) in [6.45, 7) is -0.290. The molecule has 2 aliphatic heterocycles. The average Bonchev–Trinajstić information content (AvgIpc) is 3.39. The normalized spacial score (nSPS) is 13.4. The molecule has 2 heterocycles. The Bertz CT molecular complexity index is 3110. The van der Waals surface area contributed by atoms with Crippen LogP contribution >= 0.6 is 0 Å². The summed E-state index contributed by atoms with van der Waals surface area (Å²) in [4.78, 5) is 2.50. The van der Waals surface area contributed by atoms with Crippen LogP contribution in [-0.2, 0) is 0 Å². The van der Waals surface area contributed by atoms with Crippen molar-refractivity contribution in [1.82, 2.24) is 0 Å². The van der Waals surface area contributed by atoms with Crippen molar-refractivity contribution in [2.24, 2.45) is 0 Å². The minimum absolute atomic E-state index is 0.290. The molecule has 12 rings (SSSR count). The fourth-order valence-electron chi connectivity index (χ4n) is 11.0. The minimum atomic E-state index is -2.73. The third-order valence-electron chi connectivity index (χ3n) is 13.8. The molecule has 0 aliphatic carbocycles. The Labute approximate surface area is 383 Å². The molecule has 0 N–H and O–H groups in total. The maximum absolute atomic E-state index is 7.05. The molecule has 0 radical (unpaired) electrons. The highest BCUT2D eigenvalue weighted by Gasteiger charge is 2.49. The topological polar surface area (TPSA) is 12.5 Å². The van der Waals surface area contributed by atoms with E-state index < -0.39 is 16.1 Å². The van der Waals surface area contributed by atoms with Gasteiger partial charge in [0.15, 0.2) is 16.1 Å². The fraction of sp³-hybridized carbons (Fsp3) is 0. The van der Waals surface area contributed by atoms with E-state index in [0.717, 1.165) is 27.9 Å². The first-order chi connectivity index (χ1) is 32.3. The van der Waals surface area contributed by atoms with Crippen molar-refractivity contribution in [3.05, 3.63) is 267 Å². The van der Waals surface area contributed by atoms with E-state index in [1.54, 1.807) is 0 Å². The molecule has 0 saturated heterocycles. The number of rotatable bonds is 8. The van der Waals surface area contributed by atoms with Crippen LogP contribution in [0.25, 0.3) is 11.1 Å². The van der Waals surface area contributed by atoms with Gasteiger partial charge in [-0.2, -0.15) is 0 Å². The smallest absolute Gasteiger partial charge is 0.427 e. The van der Waals surface area contributed by atoms with E-state index in [2.05, 4.69) is 272 Å². The van der Waals surface area contributed by atoms with Crippen LogP contribution in [0.1, 0.15) is 0 Å². The molecule has 0 saturated carbocycles. The van der Waals surface area contributed by atoms with Crippen molar-refractivity contribution in [2.45, 2.75) is 0 Å². The van der Waals surface area contributed by atoms with Crippen LogP contribution in [0.15, 0.2) is 267 Å². The van der Waals surface area contributed by atoms with E-state index in [-0.39, 0.29) is 6.92 Å². The molecule has 5 heteroatoms. The third kappa shape index (κ3) is 6.15. The Morgan fingerprint density at radius 3 is 1.32 bits per heavy atom. The Morgan fingerprint density at radius 1 is 0.369 bits per heavy atom. The Hall–Kier alpha value is -7.70. The quantitative estimate of drug-likeness (QED) is 0.117. The largest absolute Gasteiger partial charge is 0.551 e. The zero-order chi connectivity index (χ0) is 43.2. The monoisotopic (exact) mass is 861 g/mol. The van der Waals surface area contributed by atoms with Crippen molar-refractivity contribution < 1.29 is 4.65 Å². The van der Waals surface area contributed by atoms with Crippen molar-refractivity contribution in [2.75, 3.05) is 4.90 Å². The van der Waals surface area contributed by atoms with Crippen LogP contribution in [0.5, 0.6) is 5.75 Å². The molecule has 65 heavy (non-hydrogen) atoms. The third-order valence-corrected chi connectivity index (χ3v) is 23.4. The van der Waals surface area contributed by atoms with Gasteiger partial charge in [-0.05, 0) is 88.3 Å². The van der Waals surface area contributed by atoms with Gasteiger partial charge in [-0.15, -0.1) is 0 Å². The molecule has 10 aromatic rings. The lowest BCUT2D eigenvalue weighted by molar-refractivity contribution is 0.590. The Balaban J connectivity index is 1.01. The molecular formula is C60H44BNOSi2. The summed E-state index contributed by atoms with van der Waals surface area (Å²) in [7, 11) is -5.42. The van der Waals surface area contributed by atoms with Gasteiger partial charge in [0, 0.05) is 22.6 Å². The minimum Gasteiger partial charge on any atom is -0.551 e. The highest BCUT2D eigenvalue weighted by Crippen LogP contribution is 2.41. The zero-order valence-electron chi connectivity index (χ0n) is 35.8. The number of nitrogens with zero attached hydrogens (tertiary/aromatic N) is 1. The van der Waals surface area contributed by atoms with E-state index >= 15 is 0 Å². The van der Waals surface area contributed by atoms with E-state index in [0.29, 0.717) is 0 Å². The lowest BCUT2D eigenvalue weighted by atomic mass is 9.52. The molecule has 0 spiro atoms. The van der Waals surface area contributed by atoms with Gasteiger partial charge in [0.05, 0.1) is 0 Å². The van der Waals surface area contributed by atoms with Crippen molar-refractivity contribution >= 4 is 92.5 Å². The van der Waals surface area contributed by atoms with Crippen LogP contribution in [-0.4, -0.2) is 23.1 Å². The van der Waals surface area contributed by atoms with Crippen molar-refractivity contribution in [3.8, 4) is 16.9 Å². The predicted octanol–water partition coefficient (Wildman–Crippen LogP) is 7.39. The molecule has 0 unspecified atom stereocenters. The van der Waals surface area contributed by atoms with Gasteiger partial charge in [-0.25, -0.2) is 0 Å². The SMILES string of the molecule is c1ccc([Si](c2ccccc2)(c2ccccc2)c2ccc(B3Oc4ccccc4-c4cc(N5c6ccccc6[Si](c6ccccc6)(c6ccccc6)c6ccccc65)ccc43)cc2)cc1. The Kier molecular flexibility index (Phi) is 9.66. The van der Waals surface area contributed by atoms with Crippen molar-refractivity contribution in [1.29, 1.82) is 0 Å². The van der Waals surface area contributed by atoms with Gasteiger partial charge in [0.25, 0.3) is 0 Å². The van der Waals surface area contributed by atoms with Gasteiger partial charge in [-0.1, -0.05) is 237 Å². The summed E-state index contributed by atoms with van der Waals surface area (Å²) in [5.41, 5.74) is 8.16. The second kappa shape index (κ2) is 16.1. The van der Waals surface area contributed by atoms with Crippen LogP contribution in [0.4, 0.5) is 17.1 Å². The molecule has 0 atom stereocenters. The van der Waals surface area contributed by atoms with E-state index in [4.69, 9.17) is 4.65 Å². The Morgan fingerprint density at radius 2 is 0.800 bits per heavy atom. The number of benzene rings is 10. The number of anilines is 3. The number of hydrogen-bond acceptors (Lipinski definition) is 2. The molecule has 10 aromatic carbocycles. The first-order valence-corrected chi connectivity index (χ1v) is 26.5. The van der Waals surface area contributed by atoms with Gasteiger partial charge < -0.3 is 9.55 Å². The highest BCUT2D eigenvalue weighted by molar-refractivity contribution is 7.21. The number of hydrogen-bond donors (Lipinski definition) is 0. The molecule has 0 amide bonds. The summed E-state index contributed by atoms with van der Waals surface area (Å²) >= 11 is 0. The second-order valence-electron chi connectivity index (χ2n) is 17.1. The number of fused-ring (bicyclic) bond motifs is 5. The first kappa shape index (κ1) is 38.9. The number of para-hydroxylation sites is 3. The molecule has 306 valence electrons. The van der Waals surface area contributed by atoms with Gasteiger partial charge >= 0.3 is 6.92 Å². The summed E-state index contributed by atoms with van der Waals surface area (Å²) in [6.07, 6.45) is 0. The molecule has 0 bridgehead atoms. The van der Waals surface area contributed by atoms with Crippen LogP contribution in [0.3, 0.4) is 0 Å². The summed E-state index contributed by atoms with van der Waals surface area (Å²) < 4.78 is 7.05. The average molecular weight is 862 g/mol. The molecule has 0 fully saturated rings. The van der Waals surface area contributed by atoms with E-state index in [1.165, 1.54) is 58.4 Å². The molecule has 2 aliphatic rings. The zero-order valence-corrected chi connectivity index (χ0v) is 37.8. The maximum Gasteiger partial charge on any atom is 0.427 e. The standard InChI is InChI=1S/C60H44BNOSi2/c1-6-22-47(23-7-1)64(48-24-8-2-9-25-48,49-26-10-3-11-27-49)52-41-38-45(39-42-52)61-55-43-40-46(44-54(55)53-32-16-19-35-58(53)63-61)62-56-33-17-20-36-59(56)65(50-28-12-4-13-29-50,51-30-14-5-15-31-51)60-37-21-18-34-57(60)62/h1-44H. The first-order valence-electron chi connectivity index (χ1n) is 22.5. The van der Waals surface area contributed by atoms with Crippen LogP contribution in [0, 0.1) is 0 Å². The predicted molar refractivity (Wildman–Crippen MR) is 279 cm³/mol. The highest BCUT2D eigenvalue weighted by atomic mass is 28.3. The molecule has 0 aromatic heterocycles. The summed E-state index contributed by atoms with van der Waals surface area (Å²) in [6, 6.07) is 99.0. The summed E-state index contributed by atoms with van der Waals surface area (Å²) in [5, 5.41) is 11.0. The van der Waals surface area contributed by atoms with Crippen LogP contribution in [0.2, 0.25) is 0 Å². The molecular weight excluding hydrogens is 818 g/mol.